The van der Waals surface area contributed by atoms with E-state index in [4.69, 9.17) is 0 Å². The van der Waals surface area contributed by atoms with Crippen LogP contribution >= 0.6 is 11.3 Å². The van der Waals surface area contributed by atoms with Crippen molar-refractivity contribution in [3.8, 4) is 0 Å². The van der Waals surface area contributed by atoms with Crippen LogP contribution in [0.1, 0.15) is 28.5 Å². The van der Waals surface area contributed by atoms with Gasteiger partial charge in [0, 0.05) is 19.8 Å². The van der Waals surface area contributed by atoms with Crippen LogP contribution in [0.15, 0.2) is 29.4 Å². The van der Waals surface area contributed by atoms with E-state index >= 15 is 0 Å². The van der Waals surface area contributed by atoms with E-state index in [1.165, 1.54) is 22.5 Å². The molecule has 0 saturated carbocycles. The summed E-state index contributed by atoms with van der Waals surface area (Å²) in [5, 5.41) is 4.12. The van der Waals surface area contributed by atoms with Crippen LogP contribution in [0, 0.1) is 13.8 Å². The molecule has 0 fully saturated rings. The molecule has 0 bridgehead atoms. The van der Waals surface area contributed by atoms with Crippen LogP contribution in [-0.4, -0.2) is 20.3 Å². The Labute approximate surface area is 132 Å². The van der Waals surface area contributed by atoms with Crippen molar-refractivity contribution in [1.29, 1.82) is 0 Å². The molecule has 6 heteroatoms. The number of amides is 1. The average Bonchev–Trinajstić information content (AvgIpc) is 3.04. The first-order valence-electron chi connectivity index (χ1n) is 7.19. The predicted octanol–water partition coefficient (Wildman–Crippen LogP) is 2.81. The van der Waals surface area contributed by atoms with Gasteiger partial charge in [0.15, 0.2) is 4.80 Å². The third kappa shape index (κ3) is 2.39. The maximum Gasteiger partial charge on any atom is 0.297 e. The van der Waals surface area contributed by atoms with Gasteiger partial charge in [-0.25, -0.2) is 0 Å². The summed E-state index contributed by atoms with van der Waals surface area (Å²) in [5.41, 5.74) is 4.06. The lowest BCUT2D eigenvalue weighted by molar-refractivity contribution is 0.0988. The lowest BCUT2D eigenvalue weighted by Gasteiger charge is -2.02. The van der Waals surface area contributed by atoms with Crippen molar-refractivity contribution in [2.24, 2.45) is 12.0 Å². The highest BCUT2D eigenvalue weighted by molar-refractivity contribution is 7.16. The van der Waals surface area contributed by atoms with Gasteiger partial charge in [-0.3, -0.25) is 9.48 Å². The predicted molar refractivity (Wildman–Crippen MR) is 88.1 cm³/mol. The molecule has 2 aromatic heterocycles. The molecule has 22 heavy (non-hydrogen) atoms. The Hall–Kier alpha value is -2.21. The quantitative estimate of drug-likeness (QED) is 0.730. The third-order valence-electron chi connectivity index (χ3n) is 3.67. The molecule has 0 aliphatic rings. The Bertz CT molecular complexity index is 929. The molecule has 2 heterocycles. The van der Waals surface area contributed by atoms with Crippen molar-refractivity contribution in [3.05, 3.63) is 46.0 Å². The zero-order chi connectivity index (χ0) is 15.9. The molecule has 0 aliphatic heterocycles. The van der Waals surface area contributed by atoms with Crippen LogP contribution in [0.2, 0.25) is 0 Å². The minimum absolute atomic E-state index is 0.254. The number of benzene rings is 1. The lowest BCUT2D eigenvalue weighted by Crippen LogP contribution is -2.15. The molecule has 1 amide bonds. The number of fused-ring (bicyclic) bond motifs is 1. The second-order valence-electron chi connectivity index (χ2n) is 5.32. The Balaban J connectivity index is 2.16. The lowest BCUT2D eigenvalue weighted by atomic mass is 10.1. The number of aromatic nitrogens is 3. The first-order chi connectivity index (χ1) is 10.5. The van der Waals surface area contributed by atoms with Gasteiger partial charge in [-0.15, -0.1) is 0 Å². The fraction of sp³-hybridized carbons (Fsp3) is 0.312. The first kappa shape index (κ1) is 14.7. The Kier molecular flexibility index (Phi) is 3.70. The highest BCUT2D eigenvalue weighted by atomic mass is 32.1. The van der Waals surface area contributed by atoms with Crippen LogP contribution in [0.3, 0.4) is 0 Å². The molecule has 0 spiro atoms. The molecule has 1 aromatic carbocycles. The van der Waals surface area contributed by atoms with Crippen molar-refractivity contribution in [2.75, 3.05) is 0 Å². The number of rotatable bonds is 2. The van der Waals surface area contributed by atoms with Gasteiger partial charge in [-0.1, -0.05) is 17.4 Å². The fourth-order valence-electron chi connectivity index (χ4n) is 2.70. The second kappa shape index (κ2) is 5.53. The van der Waals surface area contributed by atoms with Gasteiger partial charge in [0.1, 0.15) is 5.69 Å². The fourth-order valence-corrected chi connectivity index (χ4v) is 3.89. The molecule has 0 saturated heterocycles. The summed E-state index contributed by atoms with van der Waals surface area (Å²) >= 11 is 1.54. The number of nitrogens with zero attached hydrogens (tertiary/aromatic N) is 4. The summed E-state index contributed by atoms with van der Waals surface area (Å²) in [6.45, 7) is 6.77. The number of hydrogen-bond donors (Lipinski definition) is 0. The van der Waals surface area contributed by atoms with Crippen molar-refractivity contribution < 1.29 is 4.79 Å². The monoisotopic (exact) mass is 314 g/mol. The van der Waals surface area contributed by atoms with E-state index in [2.05, 4.69) is 36.1 Å². The van der Waals surface area contributed by atoms with Crippen molar-refractivity contribution >= 4 is 27.5 Å². The summed E-state index contributed by atoms with van der Waals surface area (Å²) in [4.78, 5) is 17.4. The maximum absolute atomic E-state index is 12.4. The van der Waals surface area contributed by atoms with E-state index in [9.17, 15) is 4.79 Å². The average molecular weight is 314 g/mol. The van der Waals surface area contributed by atoms with E-state index in [-0.39, 0.29) is 5.91 Å². The first-order valence-corrected chi connectivity index (χ1v) is 8.00. The van der Waals surface area contributed by atoms with Gasteiger partial charge in [0.05, 0.1) is 10.2 Å². The van der Waals surface area contributed by atoms with Crippen LogP contribution in [0.5, 0.6) is 0 Å². The second-order valence-corrected chi connectivity index (χ2v) is 6.33. The molecular formula is C16H18N4OS. The summed E-state index contributed by atoms with van der Waals surface area (Å²) in [6, 6.07) is 5.98. The normalized spacial score (nSPS) is 12.3. The van der Waals surface area contributed by atoms with Crippen LogP contribution in [0.25, 0.3) is 10.2 Å². The van der Waals surface area contributed by atoms with E-state index in [0.29, 0.717) is 17.0 Å². The molecule has 3 rings (SSSR count). The molecule has 0 aliphatic carbocycles. The molecular weight excluding hydrogens is 296 g/mol. The number of thiazole rings is 1. The Morgan fingerprint density at radius 3 is 2.86 bits per heavy atom. The molecule has 3 aromatic rings. The van der Waals surface area contributed by atoms with E-state index in [1.807, 2.05) is 18.5 Å². The van der Waals surface area contributed by atoms with Gasteiger partial charge < -0.3 is 4.57 Å². The highest BCUT2D eigenvalue weighted by Gasteiger charge is 2.12. The van der Waals surface area contributed by atoms with E-state index in [1.54, 1.807) is 16.9 Å². The van der Waals surface area contributed by atoms with Gasteiger partial charge >= 0.3 is 0 Å². The van der Waals surface area contributed by atoms with Gasteiger partial charge in [0.25, 0.3) is 5.91 Å². The minimum Gasteiger partial charge on any atom is -0.319 e. The van der Waals surface area contributed by atoms with Crippen LogP contribution < -0.4 is 4.80 Å². The SMILES string of the molecule is CCn1nccc1C(=O)N=c1sc2cc(C)cc(C)c2n1C. The zero-order valence-corrected chi connectivity index (χ0v) is 13.9. The standard InChI is InChI=1S/C16H18N4OS/c1-5-20-12(6-7-17-20)15(21)18-16-19(4)14-11(3)8-10(2)9-13(14)22-16/h6-9H,5H2,1-4H3. The number of aryl methyl sites for hydroxylation is 4. The third-order valence-corrected chi connectivity index (χ3v) is 4.74. The summed E-state index contributed by atoms with van der Waals surface area (Å²) in [6.07, 6.45) is 1.63. The van der Waals surface area contributed by atoms with Gasteiger partial charge in [-0.2, -0.15) is 10.1 Å². The van der Waals surface area contributed by atoms with Crippen molar-refractivity contribution in [1.82, 2.24) is 14.3 Å². The van der Waals surface area contributed by atoms with Gasteiger partial charge in [-0.05, 0) is 44.0 Å². The molecule has 0 N–H and O–H groups in total. The van der Waals surface area contributed by atoms with Crippen molar-refractivity contribution in [2.45, 2.75) is 27.3 Å². The van der Waals surface area contributed by atoms with Crippen LogP contribution in [-0.2, 0) is 13.6 Å². The van der Waals surface area contributed by atoms with Gasteiger partial charge in [0.2, 0.25) is 0 Å². The van der Waals surface area contributed by atoms with Crippen molar-refractivity contribution in [3.63, 3.8) is 0 Å². The minimum atomic E-state index is -0.254. The van der Waals surface area contributed by atoms with E-state index < -0.39 is 0 Å². The summed E-state index contributed by atoms with van der Waals surface area (Å²) < 4.78 is 4.80. The highest BCUT2D eigenvalue weighted by Crippen LogP contribution is 2.22. The summed E-state index contributed by atoms with van der Waals surface area (Å²) in [5.74, 6) is -0.254. The molecule has 0 unspecified atom stereocenters. The zero-order valence-electron chi connectivity index (χ0n) is 13.1. The van der Waals surface area contributed by atoms with E-state index in [0.717, 1.165) is 10.2 Å². The number of carbonyl (C=O) groups is 1. The Morgan fingerprint density at radius 2 is 2.14 bits per heavy atom. The number of hydrogen-bond acceptors (Lipinski definition) is 3. The molecule has 114 valence electrons. The topological polar surface area (TPSA) is 52.2 Å². The summed E-state index contributed by atoms with van der Waals surface area (Å²) in [7, 11) is 1.95. The Morgan fingerprint density at radius 1 is 1.36 bits per heavy atom. The maximum atomic E-state index is 12.4. The smallest absolute Gasteiger partial charge is 0.297 e. The molecule has 0 radical (unpaired) electrons. The molecule has 0 atom stereocenters. The largest absolute Gasteiger partial charge is 0.319 e. The number of carbonyl (C=O) groups excluding carboxylic acids is 1. The van der Waals surface area contributed by atoms with Crippen LogP contribution in [0.4, 0.5) is 0 Å². The molecule has 5 nitrogen and oxygen atoms in total.